The molecule has 2 aliphatic heterocycles. The number of primary amides is 1. The Kier molecular flexibility index (Phi) is 7.22. The molecule has 174 valence electrons. The third-order valence-electron chi connectivity index (χ3n) is 6.29. The summed E-state index contributed by atoms with van der Waals surface area (Å²) in [5.74, 6) is -0.624. The van der Waals surface area contributed by atoms with Crippen LogP contribution in [0.3, 0.4) is 0 Å². The number of carbonyl (C=O) groups is 3. The molecule has 0 aliphatic carbocycles. The second kappa shape index (κ2) is 10.1. The summed E-state index contributed by atoms with van der Waals surface area (Å²) < 4.78 is 0. The summed E-state index contributed by atoms with van der Waals surface area (Å²) in [4.78, 5) is 43.3. The number of benzene rings is 2. The van der Waals surface area contributed by atoms with Gasteiger partial charge in [-0.3, -0.25) is 19.3 Å². The fourth-order valence-electron chi connectivity index (χ4n) is 4.43. The lowest BCUT2D eigenvalue weighted by Gasteiger charge is -2.37. The zero-order chi connectivity index (χ0) is 23.5. The molecule has 0 aromatic heterocycles. The van der Waals surface area contributed by atoms with Gasteiger partial charge in [-0.25, -0.2) is 0 Å². The first-order valence-corrected chi connectivity index (χ1v) is 11.7. The molecule has 2 fully saturated rings. The molecule has 0 saturated carbocycles. The minimum atomic E-state index is -0.445. The van der Waals surface area contributed by atoms with Gasteiger partial charge in [0, 0.05) is 50.4 Å². The average Bonchev–Trinajstić information content (AvgIpc) is 3.31. The topological polar surface area (TPSA) is 87.0 Å². The van der Waals surface area contributed by atoms with Gasteiger partial charge in [-0.2, -0.15) is 0 Å². The van der Waals surface area contributed by atoms with Crippen LogP contribution in [0.2, 0.25) is 10.0 Å². The minimum absolute atomic E-state index is 0.00590. The molecule has 2 heterocycles. The van der Waals surface area contributed by atoms with Crippen LogP contribution in [0.1, 0.15) is 39.1 Å². The van der Waals surface area contributed by atoms with Gasteiger partial charge in [0.15, 0.2) is 0 Å². The molecule has 2 aromatic rings. The van der Waals surface area contributed by atoms with E-state index >= 15 is 0 Å². The van der Waals surface area contributed by atoms with Crippen LogP contribution in [0.15, 0.2) is 42.5 Å². The van der Waals surface area contributed by atoms with E-state index in [1.807, 2.05) is 17.0 Å². The normalized spacial score (nSPS) is 19.0. The quantitative estimate of drug-likeness (QED) is 0.700. The number of hydrogen-bond donors (Lipinski definition) is 1. The molecule has 2 aromatic carbocycles. The van der Waals surface area contributed by atoms with Crippen molar-refractivity contribution in [2.24, 2.45) is 5.73 Å². The molecule has 9 heteroatoms. The largest absolute Gasteiger partial charge is 0.366 e. The molecular formula is C24H26Cl2N4O3. The summed E-state index contributed by atoms with van der Waals surface area (Å²) in [7, 11) is 0. The fourth-order valence-corrected chi connectivity index (χ4v) is 4.73. The molecule has 0 spiro atoms. The van der Waals surface area contributed by atoms with Crippen LogP contribution in [0.25, 0.3) is 0 Å². The Balaban J connectivity index is 1.34. The molecule has 1 atom stereocenters. The molecule has 0 bridgehead atoms. The summed E-state index contributed by atoms with van der Waals surface area (Å²) in [6.45, 7) is 4.02. The van der Waals surface area contributed by atoms with Gasteiger partial charge in [-0.15, -0.1) is 0 Å². The minimum Gasteiger partial charge on any atom is -0.366 e. The van der Waals surface area contributed by atoms with Crippen molar-refractivity contribution in [2.45, 2.75) is 25.4 Å². The van der Waals surface area contributed by atoms with Crippen molar-refractivity contribution in [1.82, 2.24) is 14.7 Å². The number of halogens is 2. The van der Waals surface area contributed by atoms with Gasteiger partial charge < -0.3 is 15.5 Å². The van der Waals surface area contributed by atoms with Gasteiger partial charge in [0.25, 0.3) is 5.91 Å². The van der Waals surface area contributed by atoms with Gasteiger partial charge in [0.05, 0.1) is 10.0 Å². The second-order valence-corrected chi connectivity index (χ2v) is 9.26. The van der Waals surface area contributed by atoms with E-state index < -0.39 is 11.9 Å². The lowest BCUT2D eigenvalue weighted by Crippen LogP contribution is -2.54. The standard InChI is InChI=1S/C24H26Cl2N4O3/c25-19-8-7-18(14-20(19)26)23(32)30-9-1-2-21(30)24(33)29-12-10-28(11-13-29)15-16-3-5-17(6-4-16)22(27)31/h3-8,14,21H,1-2,9-13,15H2,(H2,27,31). The third-order valence-corrected chi connectivity index (χ3v) is 7.03. The summed E-state index contributed by atoms with van der Waals surface area (Å²) >= 11 is 12.0. The van der Waals surface area contributed by atoms with Gasteiger partial charge in [-0.1, -0.05) is 35.3 Å². The summed E-state index contributed by atoms with van der Waals surface area (Å²) in [6.07, 6.45) is 1.46. The number of likely N-dealkylation sites (tertiary alicyclic amines) is 1. The smallest absolute Gasteiger partial charge is 0.254 e. The van der Waals surface area contributed by atoms with E-state index in [4.69, 9.17) is 28.9 Å². The number of carbonyl (C=O) groups excluding carboxylic acids is 3. The number of amides is 3. The van der Waals surface area contributed by atoms with E-state index in [1.54, 1.807) is 35.2 Å². The van der Waals surface area contributed by atoms with Crippen LogP contribution in [0.5, 0.6) is 0 Å². The molecule has 4 rings (SSSR count). The Bertz CT molecular complexity index is 1050. The van der Waals surface area contributed by atoms with E-state index in [0.29, 0.717) is 47.2 Å². The van der Waals surface area contributed by atoms with Crippen LogP contribution >= 0.6 is 23.2 Å². The lowest BCUT2D eigenvalue weighted by atomic mass is 10.1. The first-order valence-electron chi connectivity index (χ1n) is 11.0. The van der Waals surface area contributed by atoms with Crippen molar-refractivity contribution < 1.29 is 14.4 Å². The van der Waals surface area contributed by atoms with Crippen molar-refractivity contribution in [3.8, 4) is 0 Å². The van der Waals surface area contributed by atoms with Crippen LogP contribution in [-0.2, 0) is 11.3 Å². The first-order chi connectivity index (χ1) is 15.8. The fraction of sp³-hybridized carbons (Fsp3) is 0.375. The zero-order valence-electron chi connectivity index (χ0n) is 18.2. The van der Waals surface area contributed by atoms with E-state index in [9.17, 15) is 14.4 Å². The van der Waals surface area contributed by atoms with Crippen molar-refractivity contribution in [3.63, 3.8) is 0 Å². The monoisotopic (exact) mass is 488 g/mol. The van der Waals surface area contributed by atoms with Crippen LogP contribution in [0, 0.1) is 0 Å². The Morgan fingerprint density at radius 1 is 0.879 bits per heavy atom. The number of nitrogens with zero attached hydrogens (tertiary/aromatic N) is 3. The first kappa shape index (κ1) is 23.5. The lowest BCUT2D eigenvalue weighted by molar-refractivity contribution is -0.137. The van der Waals surface area contributed by atoms with Crippen molar-refractivity contribution >= 4 is 40.9 Å². The maximum atomic E-state index is 13.3. The van der Waals surface area contributed by atoms with Gasteiger partial charge >= 0.3 is 0 Å². The molecule has 1 unspecified atom stereocenters. The molecule has 0 radical (unpaired) electrons. The maximum absolute atomic E-state index is 13.3. The molecule has 2 N–H and O–H groups in total. The van der Waals surface area contributed by atoms with Gasteiger partial charge in [-0.05, 0) is 48.7 Å². The molecule has 33 heavy (non-hydrogen) atoms. The maximum Gasteiger partial charge on any atom is 0.254 e. The highest BCUT2D eigenvalue weighted by atomic mass is 35.5. The Labute approximate surface area is 203 Å². The van der Waals surface area contributed by atoms with Crippen LogP contribution in [-0.4, -0.2) is 71.2 Å². The van der Waals surface area contributed by atoms with Crippen LogP contribution in [0.4, 0.5) is 0 Å². The molecule has 7 nitrogen and oxygen atoms in total. The van der Waals surface area contributed by atoms with E-state index in [1.165, 1.54) is 0 Å². The summed E-state index contributed by atoms with van der Waals surface area (Å²) in [5.41, 5.74) is 7.32. The molecular weight excluding hydrogens is 463 g/mol. The zero-order valence-corrected chi connectivity index (χ0v) is 19.7. The predicted molar refractivity (Wildman–Crippen MR) is 127 cm³/mol. The van der Waals surface area contributed by atoms with E-state index in [2.05, 4.69) is 4.90 Å². The van der Waals surface area contributed by atoms with Crippen molar-refractivity contribution in [3.05, 3.63) is 69.2 Å². The van der Waals surface area contributed by atoms with Gasteiger partial charge in [0.1, 0.15) is 6.04 Å². The van der Waals surface area contributed by atoms with Gasteiger partial charge in [0.2, 0.25) is 11.8 Å². The molecule has 2 aliphatic rings. The summed E-state index contributed by atoms with van der Waals surface area (Å²) in [5, 5.41) is 0.717. The summed E-state index contributed by atoms with van der Waals surface area (Å²) in [6, 6.07) is 11.6. The number of rotatable bonds is 5. The van der Waals surface area contributed by atoms with Crippen molar-refractivity contribution in [2.75, 3.05) is 32.7 Å². The predicted octanol–water partition coefficient (Wildman–Crippen LogP) is 3.04. The Morgan fingerprint density at radius 2 is 1.55 bits per heavy atom. The highest BCUT2D eigenvalue weighted by Crippen LogP contribution is 2.27. The Hall–Kier alpha value is -2.61. The van der Waals surface area contributed by atoms with Crippen LogP contribution < -0.4 is 5.73 Å². The Morgan fingerprint density at radius 3 is 2.18 bits per heavy atom. The molecule has 2 saturated heterocycles. The highest BCUT2D eigenvalue weighted by Gasteiger charge is 2.37. The van der Waals surface area contributed by atoms with Crippen molar-refractivity contribution in [1.29, 1.82) is 0 Å². The number of piperazine rings is 1. The van der Waals surface area contributed by atoms with E-state index in [0.717, 1.165) is 31.6 Å². The molecule has 3 amide bonds. The highest BCUT2D eigenvalue weighted by molar-refractivity contribution is 6.42. The number of nitrogens with two attached hydrogens (primary N) is 1. The third kappa shape index (κ3) is 5.32. The average molecular weight is 489 g/mol. The van der Waals surface area contributed by atoms with E-state index in [-0.39, 0.29) is 11.8 Å². The second-order valence-electron chi connectivity index (χ2n) is 8.45. The SMILES string of the molecule is NC(=O)c1ccc(CN2CCN(C(=O)C3CCCN3C(=O)c3ccc(Cl)c(Cl)c3)CC2)cc1. The number of hydrogen-bond acceptors (Lipinski definition) is 4.